The second-order valence-electron chi connectivity index (χ2n) is 5.24. The minimum atomic E-state index is -0.552. The molecule has 0 bridgehead atoms. The lowest BCUT2D eigenvalue weighted by Gasteiger charge is -2.34. The number of piperidine rings is 1. The van der Waals surface area contributed by atoms with Crippen molar-refractivity contribution in [3.63, 3.8) is 0 Å². The Morgan fingerprint density at radius 3 is 2.95 bits per heavy atom. The number of aliphatic hydroxyl groups is 1. The molecule has 3 N–H and O–H groups in total. The maximum atomic E-state index is 13.7. The predicted octanol–water partition coefficient (Wildman–Crippen LogP) is 1.13. The third-order valence-electron chi connectivity index (χ3n) is 3.67. The molecule has 1 amide bonds. The van der Waals surface area contributed by atoms with Gasteiger partial charge in [0.25, 0.3) is 0 Å². The van der Waals surface area contributed by atoms with Gasteiger partial charge in [-0.3, -0.25) is 9.69 Å². The van der Waals surface area contributed by atoms with E-state index in [1.54, 1.807) is 0 Å². The lowest BCUT2D eigenvalue weighted by molar-refractivity contribution is 0.0316. The van der Waals surface area contributed by atoms with Gasteiger partial charge < -0.3 is 10.8 Å². The molecule has 1 aromatic rings. The van der Waals surface area contributed by atoms with E-state index >= 15 is 0 Å². The summed E-state index contributed by atoms with van der Waals surface area (Å²) in [6.07, 6.45) is 0.413. The Hall–Kier alpha value is -1.46. The molecule has 19 heavy (non-hydrogen) atoms. The second-order valence-corrected chi connectivity index (χ2v) is 5.24. The van der Waals surface area contributed by atoms with Crippen LogP contribution in [-0.2, 0) is 6.54 Å². The van der Waals surface area contributed by atoms with Crippen LogP contribution >= 0.6 is 0 Å². The largest absolute Gasteiger partial charge is 0.393 e. The summed E-state index contributed by atoms with van der Waals surface area (Å²) in [4.78, 5) is 13.2. The minimum Gasteiger partial charge on any atom is -0.393 e. The van der Waals surface area contributed by atoms with Crippen LogP contribution in [0, 0.1) is 11.7 Å². The molecule has 2 unspecified atom stereocenters. The van der Waals surface area contributed by atoms with Crippen molar-refractivity contribution in [1.82, 2.24) is 4.90 Å². The van der Waals surface area contributed by atoms with Gasteiger partial charge in [0, 0.05) is 30.8 Å². The van der Waals surface area contributed by atoms with E-state index < -0.39 is 5.91 Å². The maximum absolute atomic E-state index is 13.7. The zero-order chi connectivity index (χ0) is 14.0. The van der Waals surface area contributed by atoms with Crippen LogP contribution in [0.25, 0.3) is 0 Å². The Kier molecular flexibility index (Phi) is 4.17. The highest BCUT2D eigenvalue weighted by atomic mass is 19.1. The van der Waals surface area contributed by atoms with Crippen molar-refractivity contribution in [1.29, 1.82) is 0 Å². The molecule has 4 nitrogen and oxygen atoms in total. The summed E-state index contributed by atoms with van der Waals surface area (Å²) in [5, 5.41) is 9.67. The van der Waals surface area contributed by atoms with E-state index in [0.29, 0.717) is 24.1 Å². The molecule has 1 aliphatic rings. The fourth-order valence-corrected chi connectivity index (χ4v) is 2.45. The molecule has 0 spiro atoms. The number of hydrogen-bond donors (Lipinski definition) is 2. The Labute approximate surface area is 112 Å². The minimum absolute atomic E-state index is 0.177. The first-order valence-electron chi connectivity index (χ1n) is 6.46. The lowest BCUT2D eigenvalue weighted by Crippen LogP contribution is -2.41. The fraction of sp³-hybridized carbons (Fsp3) is 0.500. The molecular formula is C14H19FN2O2. The number of nitrogens with zero attached hydrogens (tertiary/aromatic N) is 1. The van der Waals surface area contributed by atoms with Crippen molar-refractivity contribution in [2.45, 2.75) is 26.0 Å². The van der Waals surface area contributed by atoms with Gasteiger partial charge in [0.05, 0.1) is 6.10 Å². The maximum Gasteiger partial charge on any atom is 0.248 e. The lowest BCUT2D eigenvalue weighted by atomic mass is 9.96. The summed E-state index contributed by atoms with van der Waals surface area (Å²) in [6, 6.07) is 4.18. The molecule has 0 radical (unpaired) electrons. The van der Waals surface area contributed by atoms with E-state index in [9.17, 15) is 14.3 Å². The number of amides is 1. The van der Waals surface area contributed by atoms with Gasteiger partial charge in [0.15, 0.2) is 0 Å². The molecule has 5 heteroatoms. The normalized spacial score (nSPS) is 24.4. The first-order valence-corrected chi connectivity index (χ1v) is 6.46. The smallest absolute Gasteiger partial charge is 0.248 e. The monoisotopic (exact) mass is 266 g/mol. The van der Waals surface area contributed by atoms with Crippen LogP contribution in [0.15, 0.2) is 18.2 Å². The summed E-state index contributed by atoms with van der Waals surface area (Å²) in [5.74, 6) is -0.705. The number of nitrogens with two attached hydrogens (primary N) is 1. The Morgan fingerprint density at radius 1 is 1.58 bits per heavy atom. The van der Waals surface area contributed by atoms with E-state index in [4.69, 9.17) is 5.73 Å². The predicted molar refractivity (Wildman–Crippen MR) is 70.0 cm³/mol. The molecule has 1 fully saturated rings. The SMILES string of the molecule is CC1CN(Cc2cc(C(N)=O)ccc2F)CCC1O. The topological polar surface area (TPSA) is 66.6 Å². The van der Waals surface area contributed by atoms with E-state index in [2.05, 4.69) is 4.90 Å². The second kappa shape index (κ2) is 5.67. The summed E-state index contributed by atoms with van der Waals surface area (Å²) >= 11 is 0. The van der Waals surface area contributed by atoms with Gasteiger partial charge in [-0.25, -0.2) is 4.39 Å². The molecule has 2 rings (SSSR count). The average molecular weight is 266 g/mol. The molecule has 2 atom stereocenters. The van der Waals surface area contributed by atoms with Crippen LogP contribution in [0.2, 0.25) is 0 Å². The first-order chi connectivity index (χ1) is 8.97. The van der Waals surface area contributed by atoms with Crippen LogP contribution in [0.3, 0.4) is 0 Å². The third kappa shape index (κ3) is 3.30. The number of carbonyl (C=O) groups is 1. The zero-order valence-electron chi connectivity index (χ0n) is 11.0. The van der Waals surface area contributed by atoms with Crippen molar-refractivity contribution in [3.05, 3.63) is 35.1 Å². The van der Waals surface area contributed by atoms with Gasteiger partial charge in [-0.05, 0) is 30.5 Å². The summed E-state index contributed by atoms with van der Waals surface area (Å²) < 4.78 is 13.7. The number of carbonyl (C=O) groups excluding carboxylic acids is 1. The van der Waals surface area contributed by atoms with Crippen molar-refractivity contribution >= 4 is 5.91 Å². The summed E-state index contributed by atoms with van der Waals surface area (Å²) in [5.41, 5.74) is 5.99. The fourth-order valence-electron chi connectivity index (χ4n) is 2.45. The van der Waals surface area contributed by atoms with Crippen molar-refractivity contribution in [2.24, 2.45) is 11.7 Å². The number of benzene rings is 1. The van der Waals surface area contributed by atoms with Gasteiger partial charge in [0.1, 0.15) is 5.82 Å². The van der Waals surface area contributed by atoms with E-state index in [0.717, 1.165) is 13.1 Å². The standard InChI is InChI=1S/C14H19FN2O2/c1-9-7-17(5-4-13(9)18)8-11-6-10(14(16)19)2-3-12(11)15/h2-3,6,9,13,18H,4-5,7-8H2,1H3,(H2,16,19). The number of primary amides is 1. The van der Waals surface area contributed by atoms with Crippen LogP contribution < -0.4 is 5.73 Å². The number of likely N-dealkylation sites (tertiary alicyclic amines) is 1. The third-order valence-corrected chi connectivity index (χ3v) is 3.67. The highest BCUT2D eigenvalue weighted by Gasteiger charge is 2.24. The Bertz CT molecular complexity index is 479. The molecule has 1 aromatic carbocycles. The molecule has 0 aliphatic carbocycles. The van der Waals surface area contributed by atoms with Crippen LogP contribution in [-0.4, -0.2) is 35.1 Å². The van der Waals surface area contributed by atoms with Gasteiger partial charge in [-0.2, -0.15) is 0 Å². The molecular weight excluding hydrogens is 247 g/mol. The van der Waals surface area contributed by atoms with Crippen molar-refractivity contribution in [3.8, 4) is 0 Å². The molecule has 104 valence electrons. The molecule has 0 aromatic heterocycles. The quantitative estimate of drug-likeness (QED) is 0.861. The van der Waals surface area contributed by atoms with Gasteiger partial charge in [-0.15, -0.1) is 0 Å². The number of rotatable bonds is 3. The highest BCUT2D eigenvalue weighted by Crippen LogP contribution is 2.20. The number of aliphatic hydroxyl groups excluding tert-OH is 1. The van der Waals surface area contributed by atoms with E-state index in [1.165, 1.54) is 18.2 Å². The number of hydrogen-bond acceptors (Lipinski definition) is 3. The summed E-state index contributed by atoms with van der Waals surface area (Å²) in [7, 11) is 0. The average Bonchev–Trinajstić information content (AvgIpc) is 2.36. The molecule has 0 saturated carbocycles. The summed E-state index contributed by atoms with van der Waals surface area (Å²) in [6.45, 7) is 3.87. The number of halogens is 1. The molecule has 1 aliphatic heterocycles. The Balaban J connectivity index is 2.10. The van der Waals surface area contributed by atoms with Gasteiger partial charge in [-0.1, -0.05) is 6.92 Å². The first kappa shape index (κ1) is 14.0. The van der Waals surface area contributed by atoms with Crippen LogP contribution in [0.1, 0.15) is 29.3 Å². The van der Waals surface area contributed by atoms with E-state index in [-0.39, 0.29) is 17.8 Å². The van der Waals surface area contributed by atoms with Crippen molar-refractivity contribution in [2.75, 3.05) is 13.1 Å². The van der Waals surface area contributed by atoms with Crippen LogP contribution in [0.4, 0.5) is 4.39 Å². The molecule has 1 heterocycles. The van der Waals surface area contributed by atoms with Crippen LogP contribution in [0.5, 0.6) is 0 Å². The van der Waals surface area contributed by atoms with E-state index in [1.807, 2.05) is 6.92 Å². The highest BCUT2D eigenvalue weighted by molar-refractivity contribution is 5.92. The van der Waals surface area contributed by atoms with Crippen molar-refractivity contribution < 1.29 is 14.3 Å². The van der Waals surface area contributed by atoms with Gasteiger partial charge >= 0.3 is 0 Å². The Morgan fingerprint density at radius 2 is 2.32 bits per heavy atom. The zero-order valence-corrected chi connectivity index (χ0v) is 11.0. The van der Waals surface area contributed by atoms with Gasteiger partial charge in [0.2, 0.25) is 5.91 Å². The molecule has 1 saturated heterocycles.